The van der Waals surface area contributed by atoms with Crippen LogP contribution in [-0.2, 0) is 0 Å². The quantitative estimate of drug-likeness (QED) is 0.757. The predicted molar refractivity (Wildman–Crippen MR) is 70.6 cm³/mol. The van der Waals surface area contributed by atoms with Crippen molar-refractivity contribution in [2.45, 2.75) is 5.16 Å². The van der Waals surface area contributed by atoms with Crippen molar-refractivity contribution in [1.82, 2.24) is 19.7 Å². The highest BCUT2D eigenvalue weighted by Crippen LogP contribution is 2.13. The van der Waals surface area contributed by atoms with Crippen LogP contribution < -0.4 is 0 Å². The van der Waals surface area contributed by atoms with E-state index >= 15 is 0 Å². The predicted octanol–water partition coefficient (Wildman–Crippen LogP) is 1.92. The highest BCUT2D eigenvalue weighted by atomic mass is 32.2. The lowest BCUT2D eigenvalue weighted by Crippen LogP contribution is -2.14. The van der Waals surface area contributed by atoms with Crippen LogP contribution >= 0.6 is 11.8 Å². The number of hydrogen-bond acceptors (Lipinski definition) is 4. The summed E-state index contributed by atoms with van der Waals surface area (Å²) in [6, 6.07) is 10.0. The molecule has 0 bridgehead atoms. The third-order valence-electron chi connectivity index (χ3n) is 2.26. The summed E-state index contributed by atoms with van der Waals surface area (Å²) < 4.78 is 1.80. The maximum absolute atomic E-state index is 4.43. The minimum atomic E-state index is 0.829. The summed E-state index contributed by atoms with van der Waals surface area (Å²) in [6.45, 7) is 1.03. The SMILES string of the molecule is CN(C)CCSc1ncn(-c2ccccc2)n1. The van der Waals surface area contributed by atoms with Crippen LogP contribution in [0.5, 0.6) is 0 Å². The maximum Gasteiger partial charge on any atom is 0.208 e. The zero-order chi connectivity index (χ0) is 12.1. The van der Waals surface area contributed by atoms with Gasteiger partial charge in [0, 0.05) is 12.3 Å². The Morgan fingerprint density at radius 3 is 2.71 bits per heavy atom. The van der Waals surface area contributed by atoms with Gasteiger partial charge < -0.3 is 4.90 Å². The Labute approximate surface area is 106 Å². The Morgan fingerprint density at radius 2 is 2.00 bits per heavy atom. The smallest absolute Gasteiger partial charge is 0.208 e. The fourth-order valence-corrected chi connectivity index (χ4v) is 2.25. The number of thioether (sulfide) groups is 1. The van der Waals surface area contributed by atoms with Crippen LogP contribution in [-0.4, -0.2) is 46.1 Å². The molecule has 0 aliphatic carbocycles. The first-order chi connectivity index (χ1) is 8.25. The van der Waals surface area contributed by atoms with E-state index in [0.29, 0.717) is 0 Å². The second kappa shape index (κ2) is 5.84. The molecule has 90 valence electrons. The molecule has 5 heteroatoms. The maximum atomic E-state index is 4.43. The molecule has 0 saturated carbocycles. The molecule has 2 rings (SSSR count). The fourth-order valence-electron chi connectivity index (χ4n) is 1.34. The van der Waals surface area contributed by atoms with E-state index in [9.17, 15) is 0 Å². The highest BCUT2D eigenvalue weighted by Gasteiger charge is 2.03. The molecule has 0 spiro atoms. The van der Waals surface area contributed by atoms with E-state index in [1.54, 1.807) is 22.8 Å². The third-order valence-corrected chi connectivity index (χ3v) is 3.09. The number of rotatable bonds is 5. The van der Waals surface area contributed by atoms with Gasteiger partial charge in [0.15, 0.2) is 0 Å². The standard InChI is InChI=1S/C12H16N4S/c1-15(2)8-9-17-12-13-10-16(14-12)11-6-4-3-5-7-11/h3-7,10H,8-9H2,1-2H3. The highest BCUT2D eigenvalue weighted by molar-refractivity contribution is 7.99. The fraction of sp³-hybridized carbons (Fsp3) is 0.333. The molecule has 0 fully saturated rings. The minimum Gasteiger partial charge on any atom is -0.309 e. The molecule has 0 unspecified atom stereocenters. The summed E-state index contributed by atoms with van der Waals surface area (Å²) in [6.07, 6.45) is 1.76. The van der Waals surface area contributed by atoms with Gasteiger partial charge in [-0.3, -0.25) is 0 Å². The zero-order valence-electron chi connectivity index (χ0n) is 10.1. The second-order valence-corrected chi connectivity index (χ2v) is 5.02. The van der Waals surface area contributed by atoms with Crippen LogP contribution in [0.4, 0.5) is 0 Å². The molecule has 1 aromatic heterocycles. The zero-order valence-corrected chi connectivity index (χ0v) is 10.9. The molecule has 0 radical (unpaired) electrons. The Kier molecular flexibility index (Phi) is 4.17. The van der Waals surface area contributed by atoms with E-state index in [-0.39, 0.29) is 0 Å². The van der Waals surface area contributed by atoms with Crippen LogP contribution in [0.15, 0.2) is 41.8 Å². The van der Waals surface area contributed by atoms with Crippen LogP contribution in [0, 0.1) is 0 Å². The van der Waals surface area contributed by atoms with Gasteiger partial charge in [0.1, 0.15) is 6.33 Å². The van der Waals surface area contributed by atoms with E-state index in [0.717, 1.165) is 23.1 Å². The van der Waals surface area contributed by atoms with Gasteiger partial charge in [-0.05, 0) is 26.2 Å². The van der Waals surface area contributed by atoms with E-state index in [1.807, 2.05) is 30.3 Å². The van der Waals surface area contributed by atoms with Crippen molar-refractivity contribution >= 4 is 11.8 Å². The third kappa shape index (κ3) is 3.57. The molecule has 2 aromatic rings. The Bertz CT molecular complexity index is 453. The lowest BCUT2D eigenvalue weighted by atomic mass is 10.3. The van der Waals surface area contributed by atoms with E-state index in [4.69, 9.17) is 0 Å². The van der Waals surface area contributed by atoms with Gasteiger partial charge in [-0.1, -0.05) is 30.0 Å². The molecular weight excluding hydrogens is 232 g/mol. The summed E-state index contributed by atoms with van der Waals surface area (Å²) in [5, 5.41) is 5.26. The van der Waals surface area contributed by atoms with Gasteiger partial charge in [0.2, 0.25) is 5.16 Å². The molecule has 0 aliphatic heterocycles. The monoisotopic (exact) mass is 248 g/mol. The van der Waals surface area contributed by atoms with Crippen molar-refractivity contribution in [3.8, 4) is 5.69 Å². The van der Waals surface area contributed by atoms with Gasteiger partial charge in [-0.15, -0.1) is 5.10 Å². The van der Waals surface area contributed by atoms with Crippen molar-refractivity contribution in [3.63, 3.8) is 0 Å². The Balaban J connectivity index is 1.97. The molecule has 17 heavy (non-hydrogen) atoms. The van der Waals surface area contributed by atoms with Gasteiger partial charge in [-0.2, -0.15) is 0 Å². The van der Waals surface area contributed by atoms with Gasteiger partial charge >= 0.3 is 0 Å². The molecule has 0 saturated heterocycles. The summed E-state index contributed by atoms with van der Waals surface area (Å²) >= 11 is 1.68. The number of hydrogen-bond donors (Lipinski definition) is 0. The first-order valence-electron chi connectivity index (χ1n) is 5.50. The molecule has 0 aliphatic rings. The summed E-state index contributed by atoms with van der Waals surface area (Å²) in [5.74, 6) is 1.01. The summed E-state index contributed by atoms with van der Waals surface area (Å²) in [4.78, 5) is 6.44. The van der Waals surface area contributed by atoms with Gasteiger partial charge in [0.25, 0.3) is 0 Å². The van der Waals surface area contributed by atoms with Crippen LogP contribution in [0.3, 0.4) is 0 Å². The number of nitrogens with zero attached hydrogens (tertiary/aromatic N) is 4. The summed E-state index contributed by atoms with van der Waals surface area (Å²) in [5.41, 5.74) is 1.04. The molecule has 0 atom stereocenters. The van der Waals surface area contributed by atoms with E-state index < -0.39 is 0 Å². The topological polar surface area (TPSA) is 34.0 Å². The first-order valence-corrected chi connectivity index (χ1v) is 6.49. The summed E-state index contributed by atoms with van der Waals surface area (Å²) in [7, 11) is 4.13. The minimum absolute atomic E-state index is 0.829. The average molecular weight is 248 g/mol. The van der Waals surface area contributed by atoms with Crippen LogP contribution in [0.2, 0.25) is 0 Å². The molecule has 1 aromatic carbocycles. The molecule has 1 heterocycles. The van der Waals surface area contributed by atoms with Crippen LogP contribution in [0.25, 0.3) is 5.69 Å². The van der Waals surface area contributed by atoms with Crippen molar-refractivity contribution in [3.05, 3.63) is 36.7 Å². The number of aromatic nitrogens is 3. The Hall–Kier alpha value is -1.33. The molecule has 0 N–H and O–H groups in total. The second-order valence-electron chi connectivity index (χ2n) is 3.96. The average Bonchev–Trinajstić information content (AvgIpc) is 2.78. The first kappa shape index (κ1) is 12.1. The van der Waals surface area contributed by atoms with Crippen LogP contribution in [0.1, 0.15) is 0 Å². The largest absolute Gasteiger partial charge is 0.309 e. The lowest BCUT2D eigenvalue weighted by molar-refractivity contribution is 0.437. The van der Waals surface area contributed by atoms with Gasteiger partial charge in [-0.25, -0.2) is 9.67 Å². The molecule has 0 amide bonds. The van der Waals surface area contributed by atoms with Crippen molar-refractivity contribution in [1.29, 1.82) is 0 Å². The van der Waals surface area contributed by atoms with E-state index in [1.165, 1.54) is 0 Å². The van der Waals surface area contributed by atoms with Gasteiger partial charge in [0.05, 0.1) is 5.69 Å². The lowest BCUT2D eigenvalue weighted by Gasteiger charge is -2.06. The van der Waals surface area contributed by atoms with Crippen molar-refractivity contribution < 1.29 is 0 Å². The van der Waals surface area contributed by atoms with E-state index in [2.05, 4.69) is 29.1 Å². The van der Waals surface area contributed by atoms with Crippen molar-refractivity contribution in [2.24, 2.45) is 0 Å². The van der Waals surface area contributed by atoms with Crippen molar-refractivity contribution in [2.75, 3.05) is 26.4 Å². The number of benzene rings is 1. The Morgan fingerprint density at radius 1 is 1.24 bits per heavy atom. The number of para-hydroxylation sites is 1. The molecular formula is C12H16N4S. The normalized spacial score (nSPS) is 11.0. The molecule has 4 nitrogen and oxygen atoms in total.